The van der Waals surface area contributed by atoms with Crippen molar-refractivity contribution in [1.29, 1.82) is 0 Å². The molecule has 1 aromatic carbocycles. The van der Waals surface area contributed by atoms with Gasteiger partial charge in [0.25, 0.3) is 0 Å². The SMILES string of the molecule is CNC(Cc1ccsc1)Cc1cc(F)ccc1Cl. The van der Waals surface area contributed by atoms with Crippen molar-refractivity contribution in [1.82, 2.24) is 5.32 Å². The van der Waals surface area contributed by atoms with Crippen molar-refractivity contribution in [3.8, 4) is 0 Å². The average molecular weight is 284 g/mol. The van der Waals surface area contributed by atoms with Crippen LogP contribution in [0.2, 0.25) is 5.02 Å². The summed E-state index contributed by atoms with van der Waals surface area (Å²) in [5.41, 5.74) is 2.15. The predicted molar refractivity (Wildman–Crippen MR) is 76.0 cm³/mol. The van der Waals surface area contributed by atoms with Gasteiger partial charge in [0, 0.05) is 11.1 Å². The van der Waals surface area contributed by atoms with E-state index in [1.807, 2.05) is 7.05 Å². The molecule has 1 N–H and O–H groups in total. The third-order valence-corrected chi connectivity index (χ3v) is 4.05. The number of thiophene rings is 1. The summed E-state index contributed by atoms with van der Waals surface area (Å²) in [5.74, 6) is -0.236. The minimum Gasteiger partial charge on any atom is -0.316 e. The first-order valence-corrected chi connectivity index (χ1v) is 7.13. The summed E-state index contributed by atoms with van der Waals surface area (Å²) in [6.45, 7) is 0. The number of nitrogens with one attached hydrogen (secondary N) is 1. The molecule has 0 bridgehead atoms. The van der Waals surface area contributed by atoms with Crippen LogP contribution in [0.5, 0.6) is 0 Å². The second kappa shape index (κ2) is 6.32. The maximum atomic E-state index is 13.2. The van der Waals surface area contributed by atoms with Crippen LogP contribution in [-0.2, 0) is 12.8 Å². The molecular weight excluding hydrogens is 269 g/mol. The zero-order valence-electron chi connectivity index (χ0n) is 10.1. The van der Waals surface area contributed by atoms with Crippen molar-refractivity contribution >= 4 is 22.9 Å². The van der Waals surface area contributed by atoms with Crippen LogP contribution in [0.4, 0.5) is 4.39 Å². The molecule has 1 atom stereocenters. The molecule has 2 aromatic rings. The standard InChI is InChI=1S/C14H15ClFNS/c1-17-13(6-10-4-5-18-9-10)8-11-7-12(16)2-3-14(11)15/h2-5,7,9,13,17H,6,8H2,1H3. The average Bonchev–Trinajstić information content (AvgIpc) is 2.85. The lowest BCUT2D eigenvalue weighted by Crippen LogP contribution is -2.29. The highest BCUT2D eigenvalue weighted by molar-refractivity contribution is 7.07. The summed E-state index contributed by atoms with van der Waals surface area (Å²) in [4.78, 5) is 0. The predicted octanol–water partition coefficient (Wildman–Crippen LogP) is 3.91. The van der Waals surface area contributed by atoms with E-state index in [0.717, 1.165) is 18.4 Å². The van der Waals surface area contributed by atoms with E-state index in [2.05, 4.69) is 22.1 Å². The van der Waals surface area contributed by atoms with Gasteiger partial charge in [-0.3, -0.25) is 0 Å². The summed E-state index contributed by atoms with van der Waals surface area (Å²) in [6.07, 6.45) is 1.65. The molecule has 0 radical (unpaired) electrons. The second-order valence-corrected chi connectivity index (χ2v) is 5.45. The van der Waals surface area contributed by atoms with E-state index in [-0.39, 0.29) is 11.9 Å². The Kier molecular flexibility index (Phi) is 4.75. The fraction of sp³-hybridized carbons (Fsp3) is 0.286. The number of benzene rings is 1. The van der Waals surface area contributed by atoms with E-state index in [9.17, 15) is 4.39 Å². The van der Waals surface area contributed by atoms with Crippen LogP contribution in [-0.4, -0.2) is 13.1 Å². The second-order valence-electron chi connectivity index (χ2n) is 4.26. The van der Waals surface area contributed by atoms with E-state index < -0.39 is 0 Å². The van der Waals surface area contributed by atoms with Crippen LogP contribution in [0.3, 0.4) is 0 Å². The van der Waals surface area contributed by atoms with Gasteiger partial charge < -0.3 is 5.32 Å². The molecule has 4 heteroatoms. The molecule has 1 heterocycles. The maximum absolute atomic E-state index is 13.2. The Balaban J connectivity index is 2.07. The zero-order valence-corrected chi connectivity index (χ0v) is 11.7. The molecule has 0 aliphatic heterocycles. The summed E-state index contributed by atoms with van der Waals surface area (Å²) in [6, 6.07) is 6.89. The Morgan fingerprint density at radius 1 is 1.33 bits per heavy atom. The van der Waals surface area contributed by atoms with Crippen molar-refractivity contribution in [3.05, 3.63) is 57.0 Å². The Hall–Kier alpha value is -0.900. The van der Waals surface area contributed by atoms with Crippen molar-refractivity contribution in [2.75, 3.05) is 7.05 Å². The van der Waals surface area contributed by atoms with E-state index >= 15 is 0 Å². The molecule has 0 amide bonds. The molecule has 0 aliphatic carbocycles. The largest absolute Gasteiger partial charge is 0.316 e. The van der Waals surface area contributed by atoms with Crippen LogP contribution >= 0.6 is 22.9 Å². The minimum absolute atomic E-state index is 0.236. The number of halogens is 2. The van der Waals surface area contributed by atoms with Gasteiger partial charge in [-0.1, -0.05) is 11.6 Å². The molecule has 1 aromatic heterocycles. The minimum atomic E-state index is -0.236. The highest BCUT2D eigenvalue weighted by Gasteiger charge is 2.11. The molecule has 0 saturated heterocycles. The Morgan fingerprint density at radius 2 is 2.17 bits per heavy atom. The lowest BCUT2D eigenvalue weighted by atomic mass is 10.0. The van der Waals surface area contributed by atoms with Gasteiger partial charge in [-0.25, -0.2) is 4.39 Å². The van der Waals surface area contributed by atoms with E-state index in [0.29, 0.717) is 5.02 Å². The lowest BCUT2D eigenvalue weighted by molar-refractivity contribution is 0.553. The van der Waals surface area contributed by atoms with Gasteiger partial charge in [-0.2, -0.15) is 11.3 Å². The van der Waals surface area contributed by atoms with Crippen molar-refractivity contribution in [2.24, 2.45) is 0 Å². The molecule has 0 fully saturated rings. The van der Waals surface area contributed by atoms with E-state index in [1.54, 1.807) is 17.4 Å². The normalized spacial score (nSPS) is 12.6. The van der Waals surface area contributed by atoms with Gasteiger partial charge in [0.15, 0.2) is 0 Å². The van der Waals surface area contributed by atoms with Crippen LogP contribution in [0.25, 0.3) is 0 Å². The Bertz CT molecular complexity index is 499. The number of hydrogen-bond donors (Lipinski definition) is 1. The molecule has 96 valence electrons. The molecular formula is C14H15ClFNS. The summed E-state index contributed by atoms with van der Waals surface area (Å²) in [7, 11) is 1.92. The Morgan fingerprint density at radius 3 is 2.83 bits per heavy atom. The highest BCUT2D eigenvalue weighted by atomic mass is 35.5. The monoisotopic (exact) mass is 283 g/mol. The van der Waals surface area contributed by atoms with Crippen LogP contribution < -0.4 is 5.32 Å². The van der Waals surface area contributed by atoms with Gasteiger partial charge in [-0.05, 0) is 66.0 Å². The highest BCUT2D eigenvalue weighted by Crippen LogP contribution is 2.20. The molecule has 0 spiro atoms. The van der Waals surface area contributed by atoms with Gasteiger partial charge >= 0.3 is 0 Å². The maximum Gasteiger partial charge on any atom is 0.123 e. The summed E-state index contributed by atoms with van der Waals surface area (Å²) in [5, 5.41) is 8.09. The third-order valence-electron chi connectivity index (χ3n) is 2.94. The number of hydrogen-bond acceptors (Lipinski definition) is 2. The quantitative estimate of drug-likeness (QED) is 0.877. The van der Waals surface area contributed by atoms with E-state index in [1.165, 1.54) is 17.7 Å². The van der Waals surface area contributed by atoms with Crippen LogP contribution in [0, 0.1) is 5.82 Å². The fourth-order valence-electron chi connectivity index (χ4n) is 1.93. The molecule has 18 heavy (non-hydrogen) atoms. The number of rotatable bonds is 5. The zero-order chi connectivity index (χ0) is 13.0. The van der Waals surface area contributed by atoms with Gasteiger partial charge in [0.2, 0.25) is 0 Å². The fourth-order valence-corrected chi connectivity index (χ4v) is 2.81. The molecule has 1 nitrogen and oxygen atoms in total. The van der Waals surface area contributed by atoms with Crippen LogP contribution in [0.1, 0.15) is 11.1 Å². The Labute approximate surface area is 116 Å². The molecule has 1 unspecified atom stereocenters. The molecule has 0 saturated carbocycles. The summed E-state index contributed by atoms with van der Waals surface area (Å²) >= 11 is 7.78. The topological polar surface area (TPSA) is 12.0 Å². The van der Waals surface area contributed by atoms with Crippen molar-refractivity contribution < 1.29 is 4.39 Å². The lowest BCUT2D eigenvalue weighted by Gasteiger charge is -2.16. The first-order valence-electron chi connectivity index (χ1n) is 5.81. The van der Waals surface area contributed by atoms with Gasteiger partial charge in [0.05, 0.1) is 0 Å². The summed E-state index contributed by atoms with van der Waals surface area (Å²) < 4.78 is 13.2. The van der Waals surface area contributed by atoms with Crippen LogP contribution in [0.15, 0.2) is 35.0 Å². The number of likely N-dealkylation sites (N-methyl/N-ethyl adjacent to an activating group) is 1. The van der Waals surface area contributed by atoms with E-state index in [4.69, 9.17) is 11.6 Å². The first kappa shape index (κ1) is 13.5. The molecule has 2 rings (SSSR count). The van der Waals surface area contributed by atoms with Crippen molar-refractivity contribution in [3.63, 3.8) is 0 Å². The smallest absolute Gasteiger partial charge is 0.123 e. The molecule has 0 aliphatic rings. The third kappa shape index (κ3) is 3.55. The van der Waals surface area contributed by atoms with Gasteiger partial charge in [0.1, 0.15) is 5.82 Å². The first-order chi connectivity index (χ1) is 8.69. The van der Waals surface area contributed by atoms with Gasteiger partial charge in [-0.15, -0.1) is 0 Å². The van der Waals surface area contributed by atoms with Crippen molar-refractivity contribution in [2.45, 2.75) is 18.9 Å².